The van der Waals surface area contributed by atoms with Crippen molar-refractivity contribution in [3.05, 3.63) is 40.5 Å². The number of carbonyl (C=O) groups excluding carboxylic acids is 1. The topological polar surface area (TPSA) is 90.9 Å². The SMILES string of the molecule is C=C1C(O[Si](C)(C)C)[C@H]2O[C@]1(C1OCCCO1)O[C@H]2c1c(C)cc2c(OC)c3c(c4c2c1O[Si](C(C)(C)C)(C(C)(C)C)O4)C(=O)CCC3. The third-order valence-corrected chi connectivity index (χ3v) is 16.4. The van der Waals surface area contributed by atoms with E-state index in [2.05, 4.69) is 80.8 Å². The Morgan fingerprint density at radius 2 is 1.60 bits per heavy atom. The molecule has 0 aromatic heterocycles. The van der Waals surface area contributed by atoms with Crippen molar-refractivity contribution in [2.24, 2.45) is 0 Å². The van der Waals surface area contributed by atoms with Gasteiger partial charge in [0.25, 0.3) is 0 Å². The third-order valence-electron chi connectivity index (χ3n) is 10.5. The first-order valence-corrected chi connectivity index (χ1v) is 22.6. The normalized spacial score (nSPS) is 28.8. The van der Waals surface area contributed by atoms with Gasteiger partial charge in [-0.25, -0.2) is 0 Å². The fourth-order valence-electron chi connectivity index (χ4n) is 8.70. The summed E-state index contributed by atoms with van der Waals surface area (Å²) in [5, 5.41) is 0.871. The van der Waals surface area contributed by atoms with E-state index >= 15 is 0 Å². The zero-order valence-electron chi connectivity index (χ0n) is 30.5. The van der Waals surface area contributed by atoms with E-state index in [9.17, 15) is 4.79 Å². The minimum Gasteiger partial charge on any atom is -0.510 e. The second-order valence-electron chi connectivity index (χ2n) is 17.1. The van der Waals surface area contributed by atoms with Crippen LogP contribution in [0.3, 0.4) is 0 Å². The average molecular weight is 697 g/mol. The number of hydrogen-bond acceptors (Lipinski definition) is 9. The third kappa shape index (κ3) is 4.82. The van der Waals surface area contributed by atoms with Crippen LogP contribution in [-0.4, -0.2) is 67.3 Å². The Kier molecular flexibility index (Phi) is 7.92. The van der Waals surface area contributed by atoms with Crippen molar-refractivity contribution >= 4 is 33.4 Å². The molecule has 5 aliphatic rings. The molecule has 0 saturated carbocycles. The first-order valence-electron chi connectivity index (χ1n) is 17.4. The number of ether oxygens (including phenoxy) is 5. The minimum absolute atomic E-state index is 0.0806. The molecule has 262 valence electrons. The molecule has 4 atom stereocenters. The minimum atomic E-state index is -3.26. The second-order valence-corrected chi connectivity index (χ2v) is 26.2. The van der Waals surface area contributed by atoms with E-state index in [1.165, 1.54) is 0 Å². The summed E-state index contributed by atoms with van der Waals surface area (Å²) in [6.07, 6.45) is 0.454. The van der Waals surface area contributed by atoms with Crippen LogP contribution in [0.2, 0.25) is 29.7 Å². The van der Waals surface area contributed by atoms with Crippen molar-refractivity contribution in [3.8, 4) is 17.2 Å². The fraction of sp³-hybridized carbons (Fsp3) is 0.649. The molecule has 0 amide bonds. The van der Waals surface area contributed by atoms with Crippen LogP contribution in [0.25, 0.3) is 10.8 Å². The number of fused-ring (bicyclic) bond motifs is 4. The summed E-state index contributed by atoms with van der Waals surface area (Å²) in [4.78, 5) is 13.9. The van der Waals surface area contributed by atoms with Gasteiger partial charge in [0.15, 0.2) is 14.1 Å². The molecule has 3 fully saturated rings. The van der Waals surface area contributed by atoms with Crippen LogP contribution < -0.4 is 13.6 Å². The van der Waals surface area contributed by atoms with Crippen molar-refractivity contribution < 1.29 is 41.8 Å². The Bertz CT molecular complexity index is 1680. The summed E-state index contributed by atoms with van der Waals surface area (Å²) in [6, 6.07) is 2.13. The number of hydrogen-bond donors (Lipinski definition) is 0. The van der Waals surface area contributed by atoms with Crippen LogP contribution in [0, 0.1) is 6.92 Å². The van der Waals surface area contributed by atoms with Gasteiger partial charge in [-0.3, -0.25) is 4.79 Å². The van der Waals surface area contributed by atoms with Gasteiger partial charge in [0.05, 0.1) is 31.3 Å². The Morgan fingerprint density at radius 3 is 2.21 bits per heavy atom. The summed E-state index contributed by atoms with van der Waals surface area (Å²) < 4.78 is 54.0. The molecule has 4 aliphatic heterocycles. The average Bonchev–Trinajstić information content (AvgIpc) is 3.50. The van der Waals surface area contributed by atoms with Gasteiger partial charge in [-0.05, 0) is 57.5 Å². The fourth-order valence-corrected chi connectivity index (χ4v) is 14.2. The molecule has 11 heteroatoms. The standard InChI is InChI=1S/C37H52O9Si2/c1-20-19-23-27-30(25(20)32-33-28(44-47(10,11)12)21(2)37(42-32,43-33)34-40-17-14-18-41-34)45-48(35(3,4)5,36(6,7)8)46-31(27)26-22(29(23)39-9)15-13-16-24(26)38/h19,28,32-34H,2,13-18H2,1,3-12H3/t28?,32-,33+,37+/m0/s1. The van der Waals surface area contributed by atoms with Crippen LogP contribution in [0.1, 0.15) is 94.0 Å². The van der Waals surface area contributed by atoms with E-state index in [0.717, 1.165) is 46.7 Å². The molecule has 0 N–H and O–H groups in total. The summed E-state index contributed by atoms with van der Waals surface area (Å²) >= 11 is 0. The van der Waals surface area contributed by atoms with Crippen molar-refractivity contribution in [1.82, 2.24) is 0 Å². The Morgan fingerprint density at radius 1 is 0.958 bits per heavy atom. The van der Waals surface area contributed by atoms with Gasteiger partial charge >= 0.3 is 8.56 Å². The predicted molar refractivity (Wildman–Crippen MR) is 188 cm³/mol. The molecule has 48 heavy (non-hydrogen) atoms. The van der Waals surface area contributed by atoms with Crippen LogP contribution in [0.4, 0.5) is 0 Å². The Labute approximate surface area is 286 Å². The highest BCUT2D eigenvalue weighted by atomic mass is 28.4. The number of aryl methyl sites for hydroxylation is 1. The van der Waals surface area contributed by atoms with Gasteiger partial charge in [-0.2, -0.15) is 0 Å². The maximum absolute atomic E-state index is 13.9. The summed E-state index contributed by atoms with van der Waals surface area (Å²) in [6.45, 7) is 27.3. The lowest BCUT2D eigenvalue weighted by molar-refractivity contribution is -0.313. The monoisotopic (exact) mass is 696 g/mol. The summed E-state index contributed by atoms with van der Waals surface area (Å²) in [7, 11) is -3.65. The molecule has 7 rings (SSSR count). The van der Waals surface area contributed by atoms with E-state index in [-0.39, 0.29) is 15.9 Å². The van der Waals surface area contributed by atoms with Gasteiger partial charge in [0, 0.05) is 38.6 Å². The number of carbonyl (C=O) groups is 1. The largest absolute Gasteiger partial charge is 0.510 e. The molecule has 2 aromatic carbocycles. The Hall–Kier alpha value is -2.26. The quantitative estimate of drug-likeness (QED) is 0.227. The molecule has 2 aromatic rings. The number of ketones is 1. The van der Waals surface area contributed by atoms with E-state index in [4.69, 9.17) is 37.0 Å². The highest BCUT2D eigenvalue weighted by molar-refractivity contribution is 6.75. The van der Waals surface area contributed by atoms with Crippen LogP contribution in [-0.2, 0) is 29.8 Å². The first-order chi connectivity index (χ1) is 22.3. The Balaban J connectivity index is 1.52. The molecular formula is C37H52O9Si2. The van der Waals surface area contributed by atoms with Crippen molar-refractivity contribution in [2.45, 2.75) is 134 Å². The maximum Gasteiger partial charge on any atom is 0.471 e. The molecule has 1 unspecified atom stereocenters. The first kappa shape index (κ1) is 34.2. The highest BCUT2D eigenvalue weighted by Crippen LogP contribution is 2.63. The molecular weight excluding hydrogens is 645 g/mol. The molecule has 9 nitrogen and oxygen atoms in total. The lowest BCUT2D eigenvalue weighted by atomic mass is 9.83. The highest BCUT2D eigenvalue weighted by Gasteiger charge is 2.69. The zero-order chi connectivity index (χ0) is 34.8. The van der Waals surface area contributed by atoms with Gasteiger partial charge in [0.1, 0.15) is 35.6 Å². The van der Waals surface area contributed by atoms with Gasteiger partial charge < -0.3 is 37.0 Å². The smallest absolute Gasteiger partial charge is 0.471 e. The van der Waals surface area contributed by atoms with Crippen LogP contribution in [0.15, 0.2) is 18.2 Å². The predicted octanol–water partition coefficient (Wildman–Crippen LogP) is 8.20. The lowest BCUT2D eigenvalue weighted by Gasteiger charge is -2.51. The van der Waals surface area contributed by atoms with Crippen LogP contribution in [0.5, 0.6) is 17.2 Å². The summed E-state index contributed by atoms with van der Waals surface area (Å²) in [5.74, 6) is 0.758. The number of benzene rings is 2. The number of methoxy groups -OCH3 is 1. The zero-order valence-corrected chi connectivity index (χ0v) is 32.5. The molecule has 4 heterocycles. The van der Waals surface area contributed by atoms with Crippen LogP contribution >= 0.6 is 0 Å². The maximum atomic E-state index is 13.9. The summed E-state index contributed by atoms with van der Waals surface area (Å²) in [5.41, 5.74) is 4.07. The lowest BCUT2D eigenvalue weighted by Crippen LogP contribution is -2.63. The van der Waals surface area contributed by atoms with Crippen molar-refractivity contribution in [1.29, 1.82) is 0 Å². The molecule has 2 bridgehead atoms. The van der Waals surface area contributed by atoms with Crippen molar-refractivity contribution in [2.75, 3.05) is 20.3 Å². The molecule has 0 radical (unpaired) electrons. The molecule has 3 saturated heterocycles. The second kappa shape index (κ2) is 11.1. The molecule has 1 aliphatic carbocycles. The number of rotatable bonds is 5. The van der Waals surface area contributed by atoms with E-state index in [1.54, 1.807) is 7.11 Å². The van der Waals surface area contributed by atoms with Gasteiger partial charge in [0.2, 0.25) is 12.1 Å². The number of Topliss-reactive ketones (excluding diaryl/α,β-unsaturated/α-hetero) is 1. The van der Waals surface area contributed by atoms with E-state index in [1.807, 2.05) is 0 Å². The van der Waals surface area contributed by atoms with Crippen molar-refractivity contribution in [3.63, 3.8) is 0 Å². The van der Waals surface area contributed by atoms with Gasteiger partial charge in [-0.15, -0.1) is 0 Å². The van der Waals surface area contributed by atoms with E-state index in [0.29, 0.717) is 48.0 Å². The van der Waals surface area contributed by atoms with E-state index < -0.39 is 47.3 Å². The molecule has 0 spiro atoms. The van der Waals surface area contributed by atoms with Gasteiger partial charge in [-0.1, -0.05) is 48.1 Å².